The van der Waals surface area contributed by atoms with E-state index in [0.717, 1.165) is 0 Å². The molecule has 1 fully saturated rings. The Morgan fingerprint density at radius 1 is 1.28 bits per heavy atom. The highest BCUT2D eigenvalue weighted by Crippen LogP contribution is 2.27. The van der Waals surface area contributed by atoms with Crippen LogP contribution < -0.4 is 0 Å². The first-order chi connectivity index (χ1) is 8.76. The van der Waals surface area contributed by atoms with Crippen molar-refractivity contribution >= 4 is 24.3 Å². The molecule has 1 aromatic heterocycles. The third-order valence-corrected chi connectivity index (χ3v) is 4.37. The Morgan fingerprint density at radius 3 is 2.61 bits per heavy atom. The van der Waals surface area contributed by atoms with E-state index in [1.165, 1.54) is 49.2 Å². The summed E-state index contributed by atoms with van der Waals surface area (Å²) in [7, 11) is 0. The first kappa shape index (κ1) is 13.5. The smallest absolute Gasteiger partial charge is 0.0602 e. The van der Waals surface area contributed by atoms with Crippen molar-refractivity contribution in [3.05, 3.63) is 35.7 Å². The molecule has 1 saturated heterocycles. The Balaban J connectivity index is 2.23. The highest BCUT2D eigenvalue weighted by atomic mass is 32.2. The molecule has 3 heteroatoms. The molecule has 1 aliphatic rings. The van der Waals surface area contributed by atoms with Gasteiger partial charge in [-0.2, -0.15) is 0 Å². The Labute approximate surface area is 115 Å². The monoisotopic (exact) mass is 262 g/mol. The average molecular weight is 262 g/mol. The molecular formula is C15H22N2S. The summed E-state index contributed by atoms with van der Waals surface area (Å²) in [6.07, 6.45) is 12.4. The quantitative estimate of drug-likeness (QED) is 0.745. The summed E-state index contributed by atoms with van der Waals surface area (Å²) in [6, 6.07) is 0. The van der Waals surface area contributed by atoms with Gasteiger partial charge >= 0.3 is 0 Å². The van der Waals surface area contributed by atoms with Crippen LogP contribution in [0.25, 0.3) is 12.2 Å². The van der Waals surface area contributed by atoms with Gasteiger partial charge in [0.05, 0.1) is 5.69 Å². The largest absolute Gasteiger partial charge is 0.278 e. The molecule has 0 saturated carbocycles. The second-order valence-electron chi connectivity index (χ2n) is 4.71. The number of nitrogens with zero attached hydrogens (tertiary/aromatic N) is 2. The van der Waals surface area contributed by atoms with Gasteiger partial charge in [-0.3, -0.25) is 3.97 Å². The third kappa shape index (κ3) is 2.90. The van der Waals surface area contributed by atoms with Crippen LogP contribution in [0.15, 0.2) is 18.9 Å². The molecule has 1 aliphatic heterocycles. The molecule has 0 radical (unpaired) electrons. The van der Waals surface area contributed by atoms with E-state index in [-0.39, 0.29) is 0 Å². The predicted molar refractivity (Wildman–Crippen MR) is 82.4 cm³/mol. The van der Waals surface area contributed by atoms with Crippen molar-refractivity contribution in [2.24, 2.45) is 0 Å². The zero-order valence-corrected chi connectivity index (χ0v) is 12.2. The van der Waals surface area contributed by atoms with Crippen LogP contribution in [0.5, 0.6) is 0 Å². The number of hydrogen-bond acceptors (Lipinski definition) is 2. The van der Waals surface area contributed by atoms with Crippen LogP contribution in [0.1, 0.15) is 43.0 Å². The minimum atomic E-state index is 1.20. The van der Waals surface area contributed by atoms with E-state index >= 15 is 0 Å². The maximum absolute atomic E-state index is 3.92. The second kappa shape index (κ2) is 6.30. The summed E-state index contributed by atoms with van der Waals surface area (Å²) >= 11 is 1.83. The molecular weight excluding hydrogens is 240 g/mol. The van der Waals surface area contributed by atoms with Crippen LogP contribution in [-0.2, 0) is 0 Å². The van der Waals surface area contributed by atoms with Crippen molar-refractivity contribution in [1.82, 2.24) is 8.28 Å². The number of aryl methyl sites for hydroxylation is 1. The summed E-state index contributed by atoms with van der Waals surface area (Å²) in [5.41, 5.74) is 3.79. The minimum absolute atomic E-state index is 1.20. The van der Waals surface area contributed by atoms with Gasteiger partial charge in [-0.15, -0.1) is 0 Å². The molecule has 98 valence electrons. The third-order valence-electron chi connectivity index (χ3n) is 3.30. The summed E-state index contributed by atoms with van der Waals surface area (Å²) in [5.74, 6) is 0. The fraction of sp³-hybridized carbons (Fsp3) is 0.467. The molecule has 2 heterocycles. The van der Waals surface area contributed by atoms with Gasteiger partial charge in [0.2, 0.25) is 0 Å². The normalized spacial score (nSPS) is 17.4. The zero-order valence-electron chi connectivity index (χ0n) is 11.4. The zero-order chi connectivity index (χ0) is 13.0. The molecule has 0 N–H and O–H groups in total. The highest BCUT2D eigenvalue weighted by molar-refractivity contribution is 7.95. The summed E-state index contributed by atoms with van der Waals surface area (Å²) in [6.45, 7) is 10.5. The van der Waals surface area contributed by atoms with Crippen LogP contribution in [0.4, 0.5) is 0 Å². The first-order valence-electron chi connectivity index (χ1n) is 6.66. The van der Waals surface area contributed by atoms with E-state index in [1.807, 2.05) is 18.2 Å². The number of aromatic nitrogens is 1. The van der Waals surface area contributed by atoms with Gasteiger partial charge in [0.15, 0.2) is 0 Å². The van der Waals surface area contributed by atoms with E-state index in [2.05, 4.69) is 47.1 Å². The van der Waals surface area contributed by atoms with Crippen LogP contribution in [0.3, 0.4) is 0 Å². The van der Waals surface area contributed by atoms with E-state index in [4.69, 9.17) is 0 Å². The summed E-state index contributed by atoms with van der Waals surface area (Å²) in [5, 5.41) is 0. The molecule has 2 nitrogen and oxygen atoms in total. The molecule has 0 bridgehead atoms. The van der Waals surface area contributed by atoms with Crippen molar-refractivity contribution in [2.75, 3.05) is 13.1 Å². The molecule has 0 aliphatic carbocycles. The Morgan fingerprint density at radius 2 is 2.00 bits per heavy atom. The van der Waals surface area contributed by atoms with Crippen LogP contribution >= 0.6 is 12.1 Å². The van der Waals surface area contributed by atoms with Crippen molar-refractivity contribution in [3.63, 3.8) is 0 Å². The molecule has 18 heavy (non-hydrogen) atoms. The van der Waals surface area contributed by atoms with Crippen LogP contribution in [0.2, 0.25) is 0 Å². The van der Waals surface area contributed by atoms with Crippen LogP contribution in [0, 0.1) is 6.92 Å². The lowest BCUT2D eigenvalue weighted by Gasteiger charge is -2.25. The minimum Gasteiger partial charge on any atom is -0.278 e. The second-order valence-corrected chi connectivity index (χ2v) is 5.79. The highest BCUT2D eigenvalue weighted by Gasteiger charge is 2.15. The Bertz CT molecular complexity index is 440. The molecule has 2 rings (SSSR count). The SMILES string of the molecule is C=Cc1c(C)cn(SN2CCCCC2)c1/C=C\C. The molecule has 0 spiro atoms. The predicted octanol–water partition coefficient (Wildman–Crippen LogP) is 4.37. The van der Waals surface area contributed by atoms with E-state index in [0.29, 0.717) is 0 Å². The van der Waals surface area contributed by atoms with Crippen LogP contribution in [-0.4, -0.2) is 21.4 Å². The lowest BCUT2D eigenvalue weighted by atomic mass is 10.1. The molecule has 0 unspecified atom stereocenters. The molecule has 1 aromatic rings. The fourth-order valence-electron chi connectivity index (χ4n) is 2.36. The number of hydrogen-bond donors (Lipinski definition) is 0. The Hall–Kier alpha value is -0.930. The summed E-state index contributed by atoms with van der Waals surface area (Å²) in [4.78, 5) is 0. The van der Waals surface area contributed by atoms with Crippen molar-refractivity contribution in [1.29, 1.82) is 0 Å². The average Bonchev–Trinajstić information content (AvgIpc) is 2.67. The van der Waals surface area contributed by atoms with Gasteiger partial charge in [0.25, 0.3) is 0 Å². The van der Waals surface area contributed by atoms with E-state index in [9.17, 15) is 0 Å². The van der Waals surface area contributed by atoms with Crippen molar-refractivity contribution in [3.8, 4) is 0 Å². The molecule has 0 atom stereocenters. The number of allylic oxidation sites excluding steroid dienone is 1. The number of piperidine rings is 1. The topological polar surface area (TPSA) is 8.17 Å². The van der Waals surface area contributed by atoms with Gasteiger partial charge in [-0.25, -0.2) is 4.31 Å². The Kier molecular flexibility index (Phi) is 4.72. The van der Waals surface area contributed by atoms with E-state index in [1.54, 1.807) is 0 Å². The van der Waals surface area contributed by atoms with Gasteiger partial charge < -0.3 is 0 Å². The maximum Gasteiger partial charge on any atom is 0.0602 e. The van der Waals surface area contributed by atoms with Gasteiger partial charge in [-0.1, -0.05) is 25.2 Å². The summed E-state index contributed by atoms with van der Waals surface area (Å²) < 4.78 is 4.74. The first-order valence-corrected chi connectivity index (χ1v) is 7.39. The fourth-order valence-corrected chi connectivity index (χ4v) is 3.48. The lowest BCUT2D eigenvalue weighted by molar-refractivity contribution is 0.379. The lowest BCUT2D eigenvalue weighted by Crippen LogP contribution is -2.24. The maximum atomic E-state index is 3.92. The van der Waals surface area contributed by atoms with E-state index < -0.39 is 0 Å². The molecule has 0 aromatic carbocycles. The standard InChI is InChI=1S/C15H22N2S/c1-4-9-15-14(5-2)13(3)12-17(15)18-16-10-7-6-8-11-16/h4-5,9,12H,2,6-8,10-11H2,1,3H3/b9-4-. The van der Waals surface area contributed by atoms with Crippen molar-refractivity contribution < 1.29 is 0 Å². The van der Waals surface area contributed by atoms with Gasteiger partial charge in [0.1, 0.15) is 0 Å². The van der Waals surface area contributed by atoms with Gasteiger partial charge in [0, 0.05) is 37.0 Å². The van der Waals surface area contributed by atoms with Gasteiger partial charge in [-0.05, 0) is 38.3 Å². The molecule has 0 amide bonds. The van der Waals surface area contributed by atoms with Crippen molar-refractivity contribution in [2.45, 2.75) is 33.1 Å². The number of rotatable bonds is 4.